The predicted octanol–water partition coefficient (Wildman–Crippen LogP) is 2.07. The molecule has 2 N–H and O–H groups in total. The number of carbonyl (C=O) groups is 2. The lowest BCUT2D eigenvalue weighted by Gasteiger charge is -2.19. The normalized spacial score (nSPS) is 14.4. The summed E-state index contributed by atoms with van der Waals surface area (Å²) in [4.78, 5) is 23.3. The molecule has 7 nitrogen and oxygen atoms in total. The van der Waals surface area contributed by atoms with Gasteiger partial charge in [-0.25, -0.2) is 13.1 Å². The van der Waals surface area contributed by atoms with Gasteiger partial charge in [0.15, 0.2) is 0 Å². The Morgan fingerprint density at radius 3 is 2.59 bits per heavy atom. The van der Waals surface area contributed by atoms with Crippen LogP contribution in [0.15, 0.2) is 47.4 Å². The van der Waals surface area contributed by atoms with E-state index in [1.807, 2.05) is 19.1 Å². The Bertz CT molecular complexity index is 984. The molecule has 0 aliphatic carbocycles. The molecule has 8 heteroatoms. The zero-order chi connectivity index (χ0) is 19.6. The van der Waals surface area contributed by atoms with Crippen molar-refractivity contribution in [2.45, 2.75) is 30.7 Å². The molecule has 0 spiro atoms. The number of carbonyl (C=O) groups excluding carboxylic acids is 2. The lowest BCUT2D eigenvalue weighted by atomic mass is 10.0. The molecule has 0 aromatic heterocycles. The molecule has 0 saturated heterocycles. The molecule has 1 aliphatic heterocycles. The van der Waals surface area contributed by atoms with Gasteiger partial charge < -0.3 is 10.1 Å². The molecule has 0 radical (unpaired) electrons. The van der Waals surface area contributed by atoms with Crippen molar-refractivity contribution in [3.8, 4) is 0 Å². The Balaban J connectivity index is 1.90. The van der Waals surface area contributed by atoms with Crippen molar-refractivity contribution in [2.75, 3.05) is 12.4 Å². The van der Waals surface area contributed by atoms with E-state index < -0.39 is 22.0 Å². The minimum atomic E-state index is -3.91. The summed E-state index contributed by atoms with van der Waals surface area (Å²) in [6, 6.07) is 10.9. The van der Waals surface area contributed by atoms with Crippen LogP contribution in [0.25, 0.3) is 0 Å². The number of methoxy groups -OCH3 is 1. The number of anilines is 1. The van der Waals surface area contributed by atoms with E-state index >= 15 is 0 Å². The smallest absolute Gasteiger partial charge is 0.307 e. The summed E-state index contributed by atoms with van der Waals surface area (Å²) in [7, 11) is -2.65. The fourth-order valence-electron chi connectivity index (χ4n) is 2.90. The summed E-state index contributed by atoms with van der Waals surface area (Å²) >= 11 is 0. The van der Waals surface area contributed by atoms with Gasteiger partial charge in [0, 0.05) is 5.69 Å². The molecule has 1 heterocycles. The highest BCUT2D eigenvalue weighted by molar-refractivity contribution is 7.89. The highest BCUT2D eigenvalue weighted by Crippen LogP contribution is 2.27. The summed E-state index contributed by atoms with van der Waals surface area (Å²) in [6.45, 7) is 1.92. The lowest BCUT2D eigenvalue weighted by molar-refractivity contribution is -0.141. The number of hydrogen-bond donors (Lipinski definition) is 2. The molecule has 0 fully saturated rings. The van der Waals surface area contributed by atoms with Crippen LogP contribution in [0.5, 0.6) is 0 Å². The molecular weight excluding hydrogens is 368 g/mol. The monoisotopic (exact) mass is 388 g/mol. The number of hydrogen-bond acceptors (Lipinski definition) is 5. The van der Waals surface area contributed by atoms with Crippen LogP contribution >= 0.6 is 0 Å². The molecule has 0 saturated carbocycles. The first kappa shape index (κ1) is 19.1. The third-order valence-electron chi connectivity index (χ3n) is 4.39. The van der Waals surface area contributed by atoms with Gasteiger partial charge in [-0.2, -0.15) is 0 Å². The molecule has 1 amide bonds. The maximum Gasteiger partial charge on any atom is 0.307 e. The number of sulfonamides is 1. The van der Waals surface area contributed by atoms with E-state index in [2.05, 4.69) is 10.0 Å². The van der Waals surface area contributed by atoms with E-state index in [4.69, 9.17) is 4.74 Å². The first-order valence-corrected chi connectivity index (χ1v) is 9.85. The third kappa shape index (κ3) is 4.35. The Morgan fingerprint density at radius 2 is 1.93 bits per heavy atom. The Morgan fingerprint density at radius 1 is 1.22 bits per heavy atom. The molecule has 3 rings (SSSR count). The first-order chi connectivity index (χ1) is 12.8. The number of fused-ring (bicyclic) bond motifs is 1. The van der Waals surface area contributed by atoms with E-state index in [0.29, 0.717) is 16.8 Å². The maximum absolute atomic E-state index is 12.9. The van der Waals surface area contributed by atoms with Gasteiger partial charge >= 0.3 is 5.97 Å². The molecule has 142 valence electrons. The topological polar surface area (TPSA) is 102 Å². The average molecular weight is 388 g/mol. The summed E-state index contributed by atoms with van der Waals surface area (Å²) in [5.41, 5.74) is 2.92. The van der Waals surface area contributed by atoms with Crippen LogP contribution in [-0.4, -0.2) is 27.4 Å². The summed E-state index contributed by atoms with van der Waals surface area (Å²) in [5.74, 6) is -0.692. The van der Waals surface area contributed by atoms with Crippen molar-refractivity contribution in [2.24, 2.45) is 0 Å². The second-order valence-electron chi connectivity index (χ2n) is 6.41. The Hall–Kier alpha value is -2.71. The zero-order valence-electron chi connectivity index (χ0n) is 15.0. The lowest BCUT2D eigenvalue weighted by Crippen LogP contribution is -2.30. The molecular formula is C19H20N2O5S. The minimum absolute atomic E-state index is 0.0414. The Labute approximate surface area is 157 Å². The molecule has 1 aliphatic rings. The van der Waals surface area contributed by atoms with Crippen LogP contribution in [0.2, 0.25) is 0 Å². The highest BCUT2D eigenvalue weighted by Gasteiger charge is 2.26. The fraction of sp³-hybridized carbons (Fsp3) is 0.263. The number of amides is 1. The fourth-order valence-corrected chi connectivity index (χ4v) is 4.18. The highest BCUT2D eigenvalue weighted by atomic mass is 32.2. The Kier molecular flexibility index (Phi) is 5.29. The molecule has 2 aromatic carbocycles. The van der Waals surface area contributed by atoms with Crippen LogP contribution in [0.4, 0.5) is 5.69 Å². The van der Waals surface area contributed by atoms with Crippen molar-refractivity contribution in [3.63, 3.8) is 0 Å². The second-order valence-corrected chi connectivity index (χ2v) is 8.12. The van der Waals surface area contributed by atoms with E-state index in [1.54, 1.807) is 18.2 Å². The molecule has 2 aromatic rings. The molecule has 1 unspecified atom stereocenters. The number of aryl methyl sites for hydroxylation is 1. The van der Waals surface area contributed by atoms with Crippen molar-refractivity contribution < 1.29 is 22.7 Å². The van der Waals surface area contributed by atoms with Crippen LogP contribution in [0.1, 0.15) is 29.2 Å². The number of ether oxygens (including phenoxy) is 1. The minimum Gasteiger partial charge on any atom is -0.469 e. The number of esters is 1. The largest absolute Gasteiger partial charge is 0.469 e. The second kappa shape index (κ2) is 7.50. The van der Waals surface area contributed by atoms with Crippen molar-refractivity contribution in [3.05, 3.63) is 59.2 Å². The van der Waals surface area contributed by atoms with E-state index in [9.17, 15) is 18.0 Å². The predicted molar refractivity (Wildman–Crippen MR) is 99.7 cm³/mol. The van der Waals surface area contributed by atoms with Crippen molar-refractivity contribution in [1.82, 2.24) is 4.72 Å². The summed E-state index contributed by atoms with van der Waals surface area (Å²) in [5, 5.41) is 2.67. The van der Waals surface area contributed by atoms with Gasteiger partial charge in [0.1, 0.15) is 0 Å². The van der Waals surface area contributed by atoms with Gasteiger partial charge in [-0.15, -0.1) is 0 Å². The quantitative estimate of drug-likeness (QED) is 0.738. The number of nitrogens with one attached hydrogen (secondary N) is 2. The third-order valence-corrected chi connectivity index (χ3v) is 5.86. The summed E-state index contributed by atoms with van der Waals surface area (Å²) in [6.07, 6.45) is 0.00597. The summed E-state index contributed by atoms with van der Waals surface area (Å²) < 4.78 is 33.0. The zero-order valence-corrected chi connectivity index (χ0v) is 15.8. The van der Waals surface area contributed by atoms with Gasteiger partial charge in [-0.05, 0) is 36.2 Å². The molecule has 0 bridgehead atoms. The van der Waals surface area contributed by atoms with Crippen LogP contribution in [0.3, 0.4) is 0 Å². The van der Waals surface area contributed by atoms with Gasteiger partial charge in [0.2, 0.25) is 15.9 Å². The standard InChI is InChI=1S/C19H20N2O5S/c1-12-3-5-13(6-4-12)17(11-19(23)26-2)21-27(24,25)15-7-8-16-14(9-15)10-18(22)20-16/h3-9,17,21H,10-11H2,1-2H3,(H,20,22). The van der Waals surface area contributed by atoms with E-state index in [1.165, 1.54) is 19.2 Å². The van der Waals surface area contributed by atoms with Crippen LogP contribution in [0, 0.1) is 6.92 Å². The van der Waals surface area contributed by atoms with Gasteiger partial charge in [0.05, 0.1) is 30.9 Å². The SMILES string of the molecule is COC(=O)CC(NS(=O)(=O)c1ccc2c(c1)CC(=O)N2)c1ccc(C)cc1. The van der Waals surface area contributed by atoms with Gasteiger partial charge in [-0.1, -0.05) is 29.8 Å². The van der Waals surface area contributed by atoms with Crippen molar-refractivity contribution >= 4 is 27.6 Å². The van der Waals surface area contributed by atoms with Gasteiger partial charge in [0.25, 0.3) is 0 Å². The van der Waals surface area contributed by atoms with Crippen LogP contribution < -0.4 is 10.0 Å². The van der Waals surface area contributed by atoms with Gasteiger partial charge in [-0.3, -0.25) is 9.59 Å². The van der Waals surface area contributed by atoms with E-state index in [0.717, 1.165) is 5.56 Å². The van der Waals surface area contributed by atoms with Crippen molar-refractivity contribution in [1.29, 1.82) is 0 Å². The number of benzene rings is 2. The van der Waals surface area contributed by atoms with E-state index in [-0.39, 0.29) is 23.6 Å². The molecule has 27 heavy (non-hydrogen) atoms. The number of rotatable bonds is 6. The van der Waals surface area contributed by atoms with Crippen LogP contribution in [-0.2, 0) is 30.8 Å². The first-order valence-electron chi connectivity index (χ1n) is 8.37. The molecule has 1 atom stereocenters. The average Bonchev–Trinajstić information content (AvgIpc) is 3.00. The maximum atomic E-state index is 12.9.